The number of carbonyl (C=O) groups excluding carboxylic acids is 1. The summed E-state index contributed by atoms with van der Waals surface area (Å²) in [6, 6.07) is 4.52. The Morgan fingerprint density at radius 1 is 1.56 bits per heavy atom. The Hall–Kier alpha value is -1.62. The van der Waals surface area contributed by atoms with Gasteiger partial charge in [0.1, 0.15) is 5.82 Å². The van der Waals surface area contributed by atoms with Crippen LogP contribution in [0.1, 0.15) is 17.3 Å². The zero-order chi connectivity index (χ0) is 13.1. The van der Waals surface area contributed by atoms with Gasteiger partial charge in [-0.25, -0.2) is 4.39 Å². The number of amides is 1. The van der Waals surface area contributed by atoms with E-state index in [4.69, 9.17) is 4.74 Å². The molecule has 1 unspecified atom stereocenters. The summed E-state index contributed by atoms with van der Waals surface area (Å²) in [7, 11) is 1.61. The topological polar surface area (TPSA) is 41.6 Å². The first kappa shape index (κ1) is 12.8. The Balaban J connectivity index is 2.25. The monoisotopic (exact) mass is 252 g/mol. The molecule has 4 nitrogen and oxygen atoms in total. The quantitative estimate of drug-likeness (QED) is 0.871. The average Bonchev–Trinajstić information content (AvgIpc) is 2.37. The van der Waals surface area contributed by atoms with Crippen LogP contribution in [0.5, 0.6) is 0 Å². The van der Waals surface area contributed by atoms with Crippen LogP contribution in [-0.2, 0) is 4.74 Å². The molecule has 5 heteroatoms. The summed E-state index contributed by atoms with van der Waals surface area (Å²) in [6.07, 6.45) is 0.0225. The number of carbonyl (C=O) groups is 1. The lowest BCUT2D eigenvalue weighted by atomic mass is 10.1. The van der Waals surface area contributed by atoms with Gasteiger partial charge in [-0.15, -0.1) is 0 Å². The minimum Gasteiger partial charge on any atom is -0.385 e. The van der Waals surface area contributed by atoms with Crippen molar-refractivity contribution in [3.8, 4) is 0 Å². The molecule has 1 atom stereocenters. The van der Waals surface area contributed by atoms with E-state index in [1.54, 1.807) is 24.1 Å². The number of morpholine rings is 1. The molecule has 1 heterocycles. The summed E-state index contributed by atoms with van der Waals surface area (Å²) in [5.74, 6) is -0.571. The first-order chi connectivity index (χ1) is 8.63. The zero-order valence-electron chi connectivity index (χ0n) is 10.6. The summed E-state index contributed by atoms with van der Waals surface area (Å²) in [4.78, 5) is 14.0. The van der Waals surface area contributed by atoms with Gasteiger partial charge in [0.15, 0.2) is 0 Å². The fourth-order valence-corrected chi connectivity index (χ4v) is 2.13. The molecule has 98 valence electrons. The molecule has 1 N–H and O–H groups in total. The highest BCUT2D eigenvalue weighted by atomic mass is 19.1. The van der Waals surface area contributed by atoms with E-state index in [9.17, 15) is 9.18 Å². The van der Waals surface area contributed by atoms with Crippen LogP contribution in [0.4, 0.5) is 10.1 Å². The van der Waals surface area contributed by atoms with E-state index in [2.05, 4.69) is 5.32 Å². The highest BCUT2D eigenvalue weighted by molar-refractivity contribution is 5.99. The Morgan fingerprint density at radius 2 is 2.33 bits per heavy atom. The summed E-state index contributed by atoms with van der Waals surface area (Å²) in [6.45, 7) is 3.53. The third-order valence-corrected chi connectivity index (χ3v) is 3.02. The smallest absolute Gasteiger partial charge is 0.256 e. The molecule has 18 heavy (non-hydrogen) atoms. The Kier molecular flexibility index (Phi) is 3.81. The van der Waals surface area contributed by atoms with Gasteiger partial charge in [0.2, 0.25) is 0 Å². The van der Waals surface area contributed by atoms with Crippen LogP contribution < -0.4 is 5.32 Å². The van der Waals surface area contributed by atoms with E-state index in [-0.39, 0.29) is 17.7 Å². The molecule has 1 fully saturated rings. The molecular weight excluding hydrogens is 235 g/mol. The number of ether oxygens (including phenoxy) is 1. The van der Waals surface area contributed by atoms with E-state index >= 15 is 0 Å². The Bertz CT molecular complexity index is 451. The SMILES string of the molecule is CNc1c(F)cccc1C(=O)N1CCOC(C)C1. The van der Waals surface area contributed by atoms with Gasteiger partial charge in [-0.1, -0.05) is 6.07 Å². The zero-order valence-corrected chi connectivity index (χ0v) is 10.6. The van der Waals surface area contributed by atoms with Gasteiger partial charge in [-0.3, -0.25) is 4.79 Å². The lowest BCUT2D eigenvalue weighted by molar-refractivity contribution is -0.0123. The number of hydrogen-bond acceptors (Lipinski definition) is 3. The lowest BCUT2D eigenvalue weighted by Crippen LogP contribution is -2.44. The van der Waals surface area contributed by atoms with E-state index in [0.29, 0.717) is 25.3 Å². The van der Waals surface area contributed by atoms with Crippen LogP contribution >= 0.6 is 0 Å². The second-order valence-electron chi connectivity index (χ2n) is 4.34. The fraction of sp³-hybridized carbons (Fsp3) is 0.462. The molecule has 1 aromatic rings. The fourth-order valence-electron chi connectivity index (χ4n) is 2.13. The minimum atomic E-state index is -0.412. The molecule has 1 saturated heterocycles. The van der Waals surface area contributed by atoms with Crippen LogP contribution in [-0.4, -0.2) is 43.7 Å². The van der Waals surface area contributed by atoms with E-state index < -0.39 is 5.82 Å². The van der Waals surface area contributed by atoms with Crippen LogP contribution in [0.3, 0.4) is 0 Å². The first-order valence-corrected chi connectivity index (χ1v) is 6.00. The van der Waals surface area contributed by atoms with Crippen LogP contribution in [0.25, 0.3) is 0 Å². The van der Waals surface area contributed by atoms with Crippen molar-refractivity contribution in [3.63, 3.8) is 0 Å². The molecular formula is C13H17FN2O2. The predicted octanol–water partition coefficient (Wildman–Crippen LogP) is 1.73. The maximum atomic E-state index is 13.6. The molecule has 0 spiro atoms. The molecule has 1 amide bonds. The number of para-hydroxylation sites is 1. The number of nitrogens with one attached hydrogen (secondary N) is 1. The van der Waals surface area contributed by atoms with Crippen molar-refractivity contribution in [1.29, 1.82) is 0 Å². The van der Waals surface area contributed by atoms with Gasteiger partial charge in [0, 0.05) is 20.1 Å². The number of benzene rings is 1. The average molecular weight is 252 g/mol. The van der Waals surface area contributed by atoms with Gasteiger partial charge in [-0.2, -0.15) is 0 Å². The van der Waals surface area contributed by atoms with Gasteiger partial charge >= 0.3 is 0 Å². The van der Waals surface area contributed by atoms with Gasteiger partial charge in [0.25, 0.3) is 5.91 Å². The normalized spacial score (nSPS) is 19.7. The van der Waals surface area contributed by atoms with Crippen molar-refractivity contribution in [2.24, 2.45) is 0 Å². The maximum Gasteiger partial charge on any atom is 0.256 e. The molecule has 0 aliphatic carbocycles. The van der Waals surface area contributed by atoms with Crippen molar-refractivity contribution < 1.29 is 13.9 Å². The molecule has 0 bridgehead atoms. The molecule has 0 aromatic heterocycles. The van der Waals surface area contributed by atoms with Gasteiger partial charge in [-0.05, 0) is 19.1 Å². The van der Waals surface area contributed by atoms with Crippen molar-refractivity contribution in [2.45, 2.75) is 13.0 Å². The Labute approximate surface area is 106 Å². The number of anilines is 1. The molecule has 2 rings (SSSR count). The third kappa shape index (κ3) is 2.46. The van der Waals surface area contributed by atoms with Crippen LogP contribution in [0, 0.1) is 5.82 Å². The van der Waals surface area contributed by atoms with Crippen molar-refractivity contribution in [3.05, 3.63) is 29.6 Å². The third-order valence-electron chi connectivity index (χ3n) is 3.02. The van der Waals surface area contributed by atoms with Crippen molar-refractivity contribution in [2.75, 3.05) is 32.1 Å². The summed E-state index contributed by atoms with van der Waals surface area (Å²) in [5, 5.41) is 2.74. The molecule has 0 saturated carbocycles. The number of nitrogens with zero attached hydrogens (tertiary/aromatic N) is 1. The molecule has 1 aliphatic heterocycles. The predicted molar refractivity (Wildman–Crippen MR) is 67.3 cm³/mol. The Morgan fingerprint density at radius 3 is 3.00 bits per heavy atom. The van der Waals surface area contributed by atoms with Gasteiger partial charge < -0.3 is 15.0 Å². The standard InChI is InChI=1S/C13H17FN2O2/c1-9-8-16(6-7-18-9)13(17)10-4-3-5-11(14)12(10)15-2/h3-5,9,15H,6-8H2,1-2H3. The summed E-state index contributed by atoms with van der Waals surface area (Å²) >= 11 is 0. The molecule has 1 aliphatic rings. The summed E-state index contributed by atoms with van der Waals surface area (Å²) < 4.78 is 19.0. The highest BCUT2D eigenvalue weighted by Crippen LogP contribution is 2.21. The van der Waals surface area contributed by atoms with E-state index in [0.717, 1.165) is 0 Å². The van der Waals surface area contributed by atoms with Crippen LogP contribution in [0.2, 0.25) is 0 Å². The van der Waals surface area contributed by atoms with Crippen molar-refractivity contribution >= 4 is 11.6 Å². The van der Waals surface area contributed by atoms with E-state index in [1.165, 1.54) is 6.07 Å². The summed E-state index contributed by atoms with van der Waals surface area (Å²) in [5.41, 5.74) is 0.619. The molecule has 0 radical (unpaired) electrons. The highest BCUT2D eigenvalue weighted by Gasteiger charge is 2.24. The van der Waals surface area contributed by atoms with Crippen LogP contribution in [0.15, 0.2) is 18.2 Å². The first-order valence-electron chi connectivity index (χ1n) is 6.00. The lowest BCUT2D eigenvalue weighted by Gasteiger charge is -2.31. The number of rotatable bonds is 2. The second-order valence-corrected chi connectivity index (χ2v) is 4.34. The maximum absolute atomic E-state index is 13.6. The second kappa shape index (κ2) is 5.35. The van der Waals surface area contributed by atoms with Crippen molar-refractivity contribution in [1.82, 2.24) is 4.90 Å². The molecule has 1 aromatic carbocycles. The largest absolute Gasteiger partial charge is 0.385 e. The van der Waals surface area contributed by atoms with E-state index in [1.807, 2.05) is 6.92 Å². The minimum absolute atomic E-state index is 0.0225. The number of halogens is 1. The number of hydrogen-bond donors (Lipinski definition) is 1. The van der Waals surface area contributed by atoms with Gasteiger partial charge in [0.05, 0.1) is 24.0 Å².